The fourth-order valence-corrected chi connectivity index (χ4v) is 4.06. The molecule has 12 heteroatoms. The molecule has 0 saturated heterocycles. The number of ether oxygens (including phenoxy) is 6. The van der Waals surface area contributed by atoms with Gasteiger partial charge in [0, 0.05) is 44.1 Å². The van der Waals surface area contributed by atoms with Crippen LogP contribution >= 0.6 is 0 Å². The number of carbonyl (C=O) groups is 1. The predicted octanol–water partition coefficient (Wildman–Crippen LogP) is 2.57. The van der Waals surface area contributed by atoms with Gasteiger partial charge in [-0.05, 0) is 24.5 Å². The first kappa shape index (κ1) is 30.1. The molecule has 0 fully saturated rings. The molecule has 0 amide bonds. The van der Waals surface area contributed by atoms with Crippen molar-refractivity contribution in [3.8, 4) is 17.4 Å². The molecule has 1 N–H and O–H groups in total. The van der Waals surface area contributed by atoms with Crippen LogP contribution in [0, 0.1) is 12.3 Å². The molecule has 2 aromatic heterocycles. The highest BCUT2D eigenvalue weighted by Gasteiger charge is 2.25. The van der Waals surface area contributed by atoms with Crippen LogP contribution in [0.15, 0.2) is 18.2 Å². The fraction of sp³-hybridized carbons (Fsp3) is 0.556. The third kappa shape index (κ3) is 7.14. The van der Waals surface area contributed by atoms with Gasteiger partial charge in [0.2, 0.25) is 11.5 Å². The molecular weight excluding hydrogens is 506 g/mol. The second-order valence-corrected chi connectivity index (χ2v) is 10.1. The van der Waals surface area contributed by atoms with E-state index in [1.165, 1.54) is 9.20 Å². The summed E-state index contributed by atoms with van der Waals surface area (Å²) in [5, 5.41) is 17.6. The summed E-state index contributed by atoms with van der Waals surface area (Å²) in [5.74, 6) is 1.09. The lowest BCUT2D eigenvalue weighted by molar-refractivity contribution is 0.0214. The van der Waals surface area contributed by atoms with Crippen LogP contribution in [0.1, 0.15) is 42.3 Å². The first-order valence-electron chi connectivity index (χ1n) is 12.6. The van der Waals surface area contributed by atoms with E-state index in [4.69, 9.17) is 33.8 Å². The number of ketones is 1. The number of hydrogen-bond donors (Lipinski definition) is 1. The van der Waals surface area contributed by atoms with E-state index < -0.39 is 0 Å². The van der Waals surface area contributed by atoms with Gasteiger partial charge in [-0.2, -0.15) is 4.52 Å². The van der Waals surface area contributed by atoms with Gasteiger partial charge in [-0.25, -0.2) is 4.68 Å². The quantitative estimate of drug-likeness (QED) is 0.240. The Hall–Kier alpha value is -3.48. The summed E-state index contributed by atoms with van der Waals surface area (Å²) in [5.41, 5.74) is 2.05. The number of aromatic nitrogens is 4. The Morgan fingerprint density at radius 3 is 2.28 bits per heavy atom. The van der Waals surface area contributed by atoms with Crippen molar-refractivity contribution in [1.82, 2.24) is 19.4 Å². The Morgan fingerprint density at radius 1 is 1.00 bits per heavy atom. The highest BCUT2D eigenvalue weighted by molar-refractivity contribution is 5.97. The van der Waals surface area contributed by atoms with Gasteiger partial charge >= 0.3 is 0 Å². The molecule has 0 aliphatic carbocycles. The number of nitrogens with one attached hydrogen (secondary N) is 1. The minimum absolute atomic E-state index is 0.0666. The van der Waals surface area contributed by atoms with Gasteiger partial charge in [0.05, 0.1) is 26.9 Å². The van der Waals surface area contributed by atoms with Crippen LogP contribution < -0.4 is 19.8 Å². The standard InChI is InChI=1S/C27H39N5O7/c1-17-11-23(39-19(15-35-6)16-36-7)29-32-25(17)30-31(26(32)28)14-21(33)18-12-20(27(2,3)4)24(37-8)22(13-18)38-10-9-34-5/h11-13,19,28H,9-10,14-16H2,1-8H3. The lowest BCUT2D eigenvalue weighted by Gasteiger charge is -2.25. The first-order valence-corrected chi connectivity index (χ1v) is 12.6. The molecule has 12 nitrogen and oxygen atoms in total. The third-order valence-corrected chi connectivity index (χ3v) is 5.97. The summed E-state index contributed by atoms with van der Waals surface area (Å²) in [4.78, 5) is 13.5. The van der Waals surface area contributed by atoms with Crippen LogP contribution in [0.4, 0.5) is 0 Å². The van der Waals surface area contributed by atoms with Crippen molar-refractivity contribution in [2.24, 2.45) is 0 Å². The number of methoxy groups -OCH3 is 4. The fourth-order valence-electron chi connectivity index (χ4n) is 4.06. The summed E-state index contributed by atoms with van der Waals surface area (Å²) < 4.78 is 35.6. The van der Waals surface area contributed by atoms with E-state index in [9.17, 15) is 4.79 Å². The first-order chi connectivity index (χ1) is 18.5. The van der Waals surface area contributed by atoms with E-state index in [1.807, 2.05) is 33.8 Å². The van der Waals surface area contributed by atoms with E-state index in [0.29, 0.717) is 55.0 Å². The van der Waals surface area contributed by atoms with Crippen molar-refractivity contribution in [3.63, 3.8) is 0 Å². The van der Waals surface area contributed by atoms with Crippen LogP contribution in [-0.4, -0.2) is 86.1 Å². The van der Waals surface area contributed by atoms with E-state index in [0.717, 1.165) is 11.1 Å². The molecule has 0 aliphatic heterocycles. The van der Waals surface area contributed by atoms with Crippen molar-refractivity contribution in [2.45, 2.75) is 45.8 Å². The molecule has 0 bridgehead atoms. The summed E-state index contributed by atoms with van der Waals surface area (Å²) >= 11 is 0. The van der Waals surface area contributed by atoms with Gasteiger partial charge in [-0.1, -0.05) is 20.8 Å². The molecule has 0 spiro atoms. The van der Waals surface area contributed by atoms with Gasteiger partial charge in [0.15, 0.2) is 22.9 Å². The normalized spacial score (nSPS) is 11.8. The van der Waals surface area contributed by atoms with E-state index in [-0.39, 0.29) is 29.5 Å². The zero-order valence-corrected chi connectivity index (χ0v) is 24.0. The Bertz CT molecular complexity index is 1340. The smallest absolute Gasteiger partial charge is 0.242 e. The summed E-state index contributed by atoms with van der Waals surface area (Å²) in [7, 11) is 6.32. The molecular formula is C27H39N5O7. The van der Waals surface area contributed by atoms with Crippen LogP contribution in [0.2, 0.25) is 0 Å². The maximum atomic E-state index is 13.5. The second-order valence-electron chi connectivity index (χ2n) is 10.1. The SMILES string of the molecule is COCCOc1cc(C(=O)Cn2nc3c(C)cc(OC(COC)COC)nn3c2=N)cc(C(C)(C)C)c1OC. The van der Waals surface area contributed by atoms with E-state index in [1.54, 1.807) is 40.6 Å². The molecule has 0 atom stereocenters. The molecule has 2 heterocycles. The Kier molecular flexibility index (Phi) is 10.1. The number of benzene rings is 1. The minimum atomic E-state index is -0.372. The summed E-state index contributed by atoms with van der Waals surface area (Å²) in [6.07, 6.45) is -0.372. The summed E-state index contributed by atoms with van der Waals surface area (Å²) in [6.45, 7) is 9.10. The molecule has 1 aromatic carbocycles. The molecule has 0 aliphatic rings. The third-order valence-electron chi connectivity index (χ3n) is 5.97. The summed E-state index contributed by atoms with van der Waals surface area (Å²) in [6, 6.07) is 5.20. The van der Waals surface area contributed by atoms with Gasteiger partial charge in [0.25, 0.3) is 0 Å². The van der Waals surface area contributed by atoms with Crippen molar-refractivity contribution in [1.29, 1.82) is 5.41 Å². The van der Waals surface area contributed by atoms with Crippen LogP contribution in [0.25, 0.3) is 5.65 Å². The number of rotatable bonds is 14. The van der Waals surface area contributed by atoms with Gasteiger partial charge in [0.1, 0.15) is 19.3 Å². The molecule has 0 radical (unpaired) electrons. The van der Waals surface area contributed by atoms with Gasteiger partial charge in [-0.3, -0.25) is 10.2 Å². The number of hydrogen-bond acceptors (Lipinski definition) is 10. The lowest BCUT2D eigenvalue weighted by atomic mass is 9.84. The number of aryl methyl sites for hydroxylation is 1. The number of nitrogens with zero attached hydrogens (tertiary/aromatic N) is 4. The number of carbonyl (C=O) groups excluding carboxylic acids is 1. The highest BCUT2D eigenvalue weighted by atomic mass is 16.6. The maximum absolute atomic E-state index is 13.5. The van der Waals surface area contributed by atoms with E-state index >= 15 is 0 Å². The number of fused-ring (bicyclic) bond motifs is 1. The molecule has 39 heavy (non-hydrogen) atoms. The lowest BCUT2D eigenvalue weighted by Crippen LogP contribution is -2.29. The molecule has 214 valence electrons. The average Bonchev–Trinajstić information content (AvgIpc) is 3.19. The zero-order chi connectivity index (χ0) is 28.7. The largest absolute Gasteiger partial charge is 0.493 e. The van der Waals surface area contributed by atoms with E-state index in [2.05, 4.69) is 10.2 Å². The van der Waals surface area contributed by atoms with Crippen molar-refractivity contribution in [3.05, 3.63) is 40.5 Å². The highest BCUT2D eigenvalue weighted by Crippen LogP contribution is 2.40. The van der Waals surface area contributed by atoms with Crippen LogP contribution in [0.3, 0.4) is 0 Å². The van der Waals surface area contributed by atoms with Gasteiger partial charge in [-0.15, -0.1) is 10.2 Å². The van der Waals surface area contributed by atoms with Crippen LogP contribution in [0.5, 0.6) is 17.4 Å². The zero-order valence-electron chi connectivity index (χ0n) is 24.0. The molecule has 0 saturated carbocycles. The van der Waals surface area contributed by atoms with Gasteiger partial charge < -0.3 is 28.4 Å². The maximum Gasteiger partial charge on any atom is 0.242 e. The topological polar surface area (TPSA) is 131 Å². The van der Waals surface area contributed by atoms with Crippen molar-refractivity contribution in [2.75, 3.05) is 54.9 Å². The number of Topliss-reactive ketones (excluding diaryl/α,β-unsaturated/α-hetero) is 1. The average molecular weight is 546 g/mol. The Morgan fingerprint density at radius 2 is 1.69 bits per heavy atom. The predicted molar refractivity (Wildman–Crippen MR) is 143 cm³/mol. The molecule has 3 aromatic rings. The monoisotopic (exact) mass is 545 g/mol. The minimum Gasteiger partial charge on any atom is -0.493 e. The Labute approximate surface area is 228 Å². The molecule has 0 unspecified atom stereocenters. The Balaban J connectivity index is 1.96. The van der Waals surface area contributed by atoms with Crippen molar-refractivity contribution >= 4 is 11.4 Å². The second kappa shape index (κ2) is 13.0. The van der Waals surface area contributed by atoms with Crippen molar-refractivity contribution < 1.29 is 33.2 Å². The molecule has 3 rings (SSSR count). The van der Waals surface area contributed by atoms with Crippen LogP contribution in [-0.2, 0) is 26.2 Å².